The molecule has 0 radical (unpaired) electrons. The molecule has 0 saturated heterocycles. The molecule has 0 aliphatic heterocycles. The van der Waals surface area contributed by atoms with Gasteiger partial charge in [0.25, 0.3) is 0 Å². The van der Waals surface area contributed by atoms with Crippen LogP contribution in [0.1, 0.15) is 15.2 Å². The van der Waals surface area contributed by atoms with E-state index in [0.717, 1.165) is 15.3 Å². The summed E-state index contributed by atoms with van der Waals surface area (Å²) in [5.41, 5.74) is 7.01. The van der Waals surface area contributed by atoms with Gasteiger partial charge in [-0.3, -0.25) is 9.59 Å². The minimum Gasteiger partial charge on any atom is -0.366 e. The molecule has 2 aromatic carbocycles. The van der Waals surface area contributed by atoms with Gasteiger partial charge in [-0.25, -0.2) is 0 Å². The topological polar surface area (TPSA) is 72.2 Å². The molecule has 3 rings (SSSR count). The third-order valence-electron chi connectivity index (χ3n) is 3.58. The van der Waals surface area contributed by atoms with Gasteiger partial charge in [0.1, 0.15) is 0 Å². The lowest BCUT2D eigenvalue weighted by Crippen LogP contribution is -2.13. The number of rotatable bonds is 5. The number of hydrogen-bond acceptors (Lipinski definition) is 3. The zero-order valence-electron chi connectivity index (χ0n) is 13.6. The van der Waals surface area contributed by atoms with E-state index in [1.807, 2.05) is 42.5 Å². The van der Waals surface area contributed by atoms with Crippen molar-refractivity contribution >= 4 is 46.5 Å². The summed E-state index contributed by atoms with van der Waals surface area (Å²) >= 11 is 7.49. The first kappa shape index (κ1) is 17.9. The van der Waals surface area contributed by atoms with E-state index >= 15 is 0 Å². The van der Waals surface area contributed by atoms with Gasteiger partial charge in [0.05, 0.1) is 10.6 Å². The number of primary amides is 1. The second-order valence-electron chi connectivity index (χ2n) is 5.45. The zero-order chi connectivity index (χ0) is 18.5. The molecule has 0 atom stereocenters. The van der Waals surface area contributed by atoms with Crippen molar-refractivity contribution in [2.75, 3.05) is 5.32 Å². The van der Waals surface area contributed by atoms with E-state index in [1.165, 1.54) is 18.2 Å². The monoisotopic (exact) mass is 382 g/mol. The second kappa shape index (κ2) is 7.99. The van der Waals surface area contributed by atoms with Crippen LogP contribution in [-0.4, -0.2) is 11.8 Å². The Bertz CT molecular complexity index is 980. The summed E-state index contributed by atoms with van der Waals surface area (Å²) in [6.07, 6.45) is 3.19. The molecule has 2 amide bonds. The van der Waals surface area contributed by atoms with Crippen LogP contribution in [0.2, 0.25) is 5.02 Å². The molecule has 0 saturated carbocycles. The summed E-state index contributed by atoms with van der Waals surface area (Å²) in [6, 6.07) is 18.6. The van der Waals surface area contributed by atoms with Crippen molar-refractivity contribution in [1.29, 1.82) is 0 Å². The molecule has 0 aliphatic rings. The van der Waals surface area contributed by atoms with Gasteiger partial charge in [-0.1, -0.05) is 41.9 Å². The van der Waals surface area contributed by atoms with Crippen LogP contribution in [0.3, 0.4) is 0 Å². The SMILES string of the molecule is NC(=O)c1cc(NC(=O)/C=C/c2ccc(-c3ccccc3)s2)ccc1Cl. The minimum atomic E-state index is -0.645. The molecular formula is C20H15ClN2O2S. The van der Waals surface area contributed by atoms with Crippen molar-refractivity contribution < 1.29 is 9.59 Å². The number of thiophene rings is 1. The smallest absolute Gasteiger partial charge is 0.250 e. The fourth-order valence-electron chi connectivity index (χ4n) is 2.33. The molecule has 0 spiro atoms. The summed E-state index contributed by atoms with van der Waals surface area (Å²) in [5.74, 6) is -0.953. The van der Waals surface area contributed by atoms with Crippen molar-refractivity contribution in [1.82, 2.24) is 0 Å². The van der Waals surface area contributed by atoms with Crippen molar-refractivity contribution in [3.63, 3.8) is 0 Å². The molecule has 1 heterocycles. The van der Waals surface area contributed by atoms with Crippen LogP contribution in [0, 0.1) is 0 Å². The molecule has 0 aliphatic carbocycles. The molecule has 6 heteroatoms. The number of hydrogen-bond donors (Lipinski definition) is 2. The van der Waals surface area contributed by atoms with E-state index in [1.54, 1.807) is 23.5 Å². The number of amides is 2. The number of nitrogens with one attached hydrogen (secondary N) is 1. The van der Waals surface area contributed by atoms with Gasteiger partial charge in [0.2, 0.25) is 11.8 Å². The molecule has 0 fully saturated rings. The van der Waals surface area contributed by atoms with Gasteiger partial charge in [-0.15, -0.1) is 11.3 Å². The Morgan fingerprint density at radius 1 is 1.04 bits per heavy atom. The van der Waals surface area contributed by atoms with Gasteiger partial charge in [0.15, 0.2) is 0 Å². The third-order valence-corrected chi connectivity index (χ3v) is 5.01. The summed E-state index contributed by atoms with van der Waals surface area (Å²) < 4.78 is 0. The van der Waals surface area contributed by atoms with Gasteiger partial charge in [0, 0.05) is 21.5 Å². The van der Waals surface area contributed by atoms with Crippen LogP contribution < -0.4 is 11.1 Å². The van der Waals surface area contributed by atoms with Crippen molar-refractivity contribution in [2.24, 2.45) is 5.73 Å². The highest BCUT2D eigenvalue weighted by Gasteiger charge is 2.08. The molecule has 3 N–H and O–H groups in total. The fourth-order valence-corrected chi connectivity index (χ4v) is 3.46. The summed E-state index contributed by atoms with van der Waals surface area (Å²) in [5, 5.41) is 2.93. The van der Waals surface area contributed by atoms with Crippen LogP contribution >= 0.6 is 22.9 Å². The number of benzene rings is 2. The Labute approximate surface area is 159 Å². The number of carbonyl (C=O) groups excluding carboxylic acids is 2. The standard InChI is InChI=1S/C20H15ClN2O2S/c21-17-9-6-14(12-16(17)20(22)25)23-19(24)11-8-15-7-10-18(26-15)13-4-2-1-3-5-13/h1-12H,(H2,22,25)(H,23,24)/b11-8+. The van der Waals surface area contributed by atoms with Gasteiger partial charge >= 0.3 is 0 Å². The number of halogens is 1. The van der Waals surface area contributed by atoms with E-state index in [2.05, 4.69) is 5.32 Å². The van der Waals surface area contributed by atoms with Crippen molar-refractivity contribution in [2.45, 2.75) is 0 Å². The molecule has 1 aromatic heterocycles. The van der Waals surface area contributed by atoms with E-state index in [-0.39, 0.29) is 16.5 Å². The number of carbonyl (C=O) groups is 2. The molecule has 4 nitrogen and oxygen atoms in total. The maximum absolute atomic E-state index is 12.1. The van der Waals surface area contributed by atoms with Crippen LogP contribution in [-0.2, 0) is 4.79 Å². The van der Waals surface area contributed by atoms with Crippen LogP contribution in [0.25, 0.3) is 16.5 Å². The van der Waals surface area contributed by atoms with Crippen LogP contribution in [0.15, 0.2) is 66.7 Å². The Kier molecular flexibility index (Phi) is 5.51. The zero-order valence-corrected chi connectivity index (χ0v) is 15.2. The Morgan fingerprint density at radius 3 is 2.54 bits per heavy atom. The first-order valence-corrected chi connectivity index (χ1v) is 8.96. The minimum absolute atomic E-state index is 0.166. The van der Waals surface area contributed by atoms with Crippen LogP contribution in [0.5, 0.6) is 0 Å². The quantitative estimate of drug-likeness (QED) is 0.621. The number of nitrogens with two attached hydrogens (primary N) is 1. The van der Waals surface area contributed by atoms with Gasteiger partial charge in [-0.05, 0) is 42.0 Å². The largest absolute Gasteiger partial charge is 0.366 e. The van der Waals surface area contributed by atoms with E-state index in [4.69, 9.17) is 17.3 Å². The average Bonchev–Trinajstić information content (AvgIpc) is 3.11. The second-order valence-corrected chi connectivity index (χ2v) is 6.97. The molecule has 3 aromatic rings. The van der Waals surface area contributed by atoms with E-state index in [0.29, 0.717) is 5.69 Å². The van der Waals surface area contributed by atoms with Gasteiger partial charge in [-0.2, -0.15) is 0 Å². The molecule has 0 bridgehead atoms. The van der Waals surface area contributed by atoms with Crippen molar-refractivity contribution in [3.8, 4) is 10.4 Å². The molecule has 26 heavy (non-hydrogen) atoms. The Hall–Kier alpha value is -2.89. The lowest BCUT2D eigenvalue weighted by Gasteiger charge is -2.05. The lowest BCUT2D eigenvalue weighted by molar-refractivity contribution is -0.111. The predicted octanol–water partition coefficient (Wildman–Crippen LogP) is 4.82. The maximum atomic E-state index is 12.1. The first-order chi connectivity index (χ1) is 12.5. The maximum Gasteiger partial charge on any atom is 0.250 e. The Balaban J connectivity index is 1.68. The van der Waals surface area contributed by atoms with Crippen molar-refractivity contribution in [3.05, 3.63) is 82.2 Å². The highest BCUT2D eigenvalue weighted by atomic mass is 35.5. The highest BCUT2D eigenvalue weighted by molar-refractivity contribution is 7.16. The Morgan fingerprint density at radius 2 is 1.81 bits per heavy atom. The van der Waals surface area contributed by atoms with E-state index in [9.17, 15) is 9.59 Å². The normalized spacial score (nSPS) is 10.8. The summed E-state index contributed by atoms with van der Waals surface area (Å²) in [4.78, 5) is 25.5. The van der Waals surface area contributed by atoms with Gasteiger partial charge < -0.3 is 11.1 Å². The fraction of sp³-hybridized carbons (Fsp3) is 0. The third kappa shape index (κ3) is 4.39. The molecule has 0 unspecified atom stereocenters. The highest BCUT2D eigenvalue weighted by Crippen LogP contribution is 2.28. The number of anilines is 1. The summed E-state index contributed by atoms with van der Waals surface area (Å²) in [7, 11) is 0. The molecule has 130 valence electrons. The molecular weight excluding hydrogens is 368 g/mol. The predicted molar refractivity (Wildman–Crippen MR) is 107 cm³/mol. The van der Waals surface area contributed by atoms with E-state index < -0.39 is 5.91 Å². The average molecular weight is 383 g/mol. The van der Waals surface area contributed by atoms with Crippen LogP contribution in [0.4, 0.5) is 5.69 Å². The lowest BCUT2D eigenvalue weighted by atomic mass is 10.2. The first-order valence-electron chi connectivity index (χ1n) is 7.76. The summed E-state index contributed by atoms with van der Waals surface area (Å²) in [6.45, 7) is 0.